The molecule has 0 aliphatic heterocycles. The van der Waals surface area contributed by atoms with Crippen LogP contribution in [-0.4, -0.2) is 5.78 Å². The van der Waals surface area contributed by atoms with E-state index in [1.807, 2.05) is 0 Å². The number of hydrogen-bond acceptors (Lipinski definition) is 2. The van der Waals surface area contributed by atoms with E-state index in [0.717, 1.165) is 0 Å². The molecular weight excluding hydrogens is 219 g/mol. The van der Waals surface area contributed by atoms with Gasteiger partial charge in [-0.05, 0) is 31.2 Å². The lowest BCUT2D eigenvalue weighted by molar-refractivity contribution is 0.101. The first kappa shape index (κ1) is 11.3. The summed E-state index contributed by atoms with van der Waals surface area (Å²) in [6.07, 6.45) is 0. The summed E-state index contributed by atoms with van der Waals surface area (Å²) < 4.78 is 18.4. The van der Waals surface area contributed by atoms with Gasteiger partial charge < -0.3 is 4.74 Å². The molecule has 0 heterocycles. The Balaban J connectivity index is 2.24. The molecule has 3 heteroatoms. The Kier molecular flexibility index (Phi) is 3.19. The summed E-state index contributed by atoms with van der Waals surface area (Å²) >= 11 is 0. The Morgan fingerprint density at radius 2 is 1.71 bits per heavy atom. The van der Waals surface area contributed by atoms with E-state index in [0.29, 0.717) is 17.1 Å². The van der Waals surface area contributed by atoms with E-state index < -0.39 is 0 Å². The van der Waals surface area contributed by atoms with Crippen LogP contribution in [0.15, 0.2) is 48.5 Å². The third-order valence-electron chi connectivity index (χ3n) is 2.27. The molecule has 0 saturated carbocycles. The van der Waals surface area contributed by atoms with E-state index in [9.17, 15) is 9.18 Å². The molecule has 0 radical (unpaired) electrons. The molecule has 0 spiro atoms. The largest absolute Gasteiger partial charge is 0.457 e. The Labute approximate surface area is 98.7 Å². The zero-order valence-electron chi connectivity index (χ0n) is 9.31. The van der Waals surface area contributed by atoms with E-state index in [4.69, 9.17) is 4.74 Å². The van der Waals surface area contributed by atoms with Gasteiger partial charge in [0, 0.05) is 11.6 Å². The molecule has 86 valence electrons. The highest BCUT2D eigenvalue weighted by molar-refractivity contribution is 5.94. The highest BCUT2D eigenvalue weighted by Gasteiger charge is 2.02. The minimum atomic E-state index is -0.356. The molecule has 2 rings (SSSR count). The number of ketones is 1. The van der Waals surface area contributed by atoms with Crippen LogP contribution in [0, 0.1) is 5.82 Å². The van der Waals surface area contributed by atoms with Crippen molar-refractivity contribution in [3.05, 3.63) is 59.9 Å². The van der Waals surface area contributed by atoms with Crippen LogP contribution in [0.4, 0.5) is 4.39 Å². The van der Waals surface area contributed by atoms with E-state index in [1.54, 1.807) is 36.4 Å². The molecular formula is C14H11FO2. The fourth-order valence-corrected chi connectivity index (χ4v) is 1.45. The summed E-state index contributed by atoms with van der Waals surface area (Å²) in [4.78, 5) is 11.2. The fourth-order valence-electron chi connectivity index (χ4n) is 1.45. The number of carbonyl (C=O) groups is 1. The average molecular weight is 230 g/mol. The lowest BCUT2D eigenvalue weighted by Crippen LogP contribution is -1.92. The van der Waals surface area contributed by atoms with Crippen molar-refractivity contribution in [1.29, 1.82) is 0 Å². The molecule has 0 amide bonds. The van der Waals surface area contributed by atoms with E-state index in [1.165, 1.54) is 19.1 Å². The van der Waals surface area contributed by atoms with Gasteiger partial charge in [-0.25, -0.2) is 4.39 Å². The third kappa shape index (κ3) is 2.91. The highest BCUT2D eigenvalue weighted by Crippen LogP contribution is 2.22. The first-order valence-corrected chi connectivity index (χ1v) is 5.19. The second kappa shape index (κ2) is 4.78. The Bertz CT molecular complexity index is 549. The highest BCUT2D eigenvalue weighted by atomic mass is 19.1. The van der Waals surface area contributed by atoms with Gasteiger partial charge in [0.25, 0.3) is 0 Å². The van der Waals surface area contributed by atoms with Gasteiger partial charge in [0.2, 0.25) is 0 Å². The van der Waals surface area contributed by atoms with Crippen LogP contribution in [0.25, 0.3) is 0 Å². The fraction of sp³-hybridized carbons (Fsp3) is 0.0714. The third-order valence-corrected chi connectivity index (χ3v) is 2.27. The lowest BCUT2D eigenvalue weighted by Gasteiger charge is -2.06. The molecule has 0 bridgehead atoms. The van der Waals surface area contributed by atoms with Gasteiger partial charge in [-0.2, -0.15) is 0 Å². The van der Waals surface area contributed by atoms with Gasteiger partial charge in [-0.15, -0.1) is 0 Å². The molecule has 2 aromatic carbocycles. The molecule has 0 atom stereocenters. The number of ether oxygens (including phenoxy) is 1. The Morgan fingerprint density at radius 1 is 1.06 bits per heavy atom. The van der Waals surface area contributed by atoms with Crippen molar-refractivity contribution in [2.75, 3.05) is 0 Å². The molecule has 0 fully saturated rings. The molecule has 0 saturated heterocycles. The normalized spacial score (nSPS) is 10.0. The molecule has 0 aliphatic carbocycles. The smallest absolute Gasteiger partial charge is 0.159 e. The monoisotopic (exact) mass is 230 g/mol. The van der Waals surface area contributed by atoms with E-state index >= 15 is 0 Å². The summed E-state index contributed by atoms with van der Waals surface area (Å²) in [7, 11) is 0. The van der Waals surface area contributed by atoms with Crippen molar-refractivity contribution >= 4 is 5.78 Å². The summed E-state index contributed by atoms with van der Waals surface area (Å²) in [5.74, 6) is 0.536. The van der Waals surface area contributed by atoms with Crippen molar-refractivity contribution in [2.45, 2.75) is 6.92 Å². The predicted octanol–water partition coefficient (Wildman–Crippen LogP) is 3.82. The zero-order chi connectivity index (χ0) is 12.3. The minimum absolute atomic E-state index is 0.0327. The van der Waals surface area contributed by atoms with Crippen molar-refractivity contribution in [3.8, 4) is 11.5 Å². The maximum atomic E-state index is 12.9. The maximum Gasteiger partial charge on any atom is 0.159 e. The lowest BCUT2D eigenvalue weighted by atomic mass is 10.1. The second-order valence-electron chi connectivity index (χ2n) is 3.64. The quantitative estimate of drug-likeness (QED) is 0.749. The van der Waals surface area contributed by atoms with Crippen molar-refractivity contribution < 1.29 is 13.9 Å². The number of benzene rings is 2. The summed E-state index contributed by atoms with van der Waals surface area (Å²) in [5, 5.41) is 0. The van der Waals surface area contributed by atoms with Gasteiger partial charge in [0.15, 0.2) is 5.78 Å². The van der Waals surface area contributed by atoms with Crippen LogP contribution >= 0.6 is 0 Å². The number of rotatable bonds is 3. The standard InChI is InChI=1S/C14H11FO2/c1-10(16)11-4-2-6-13(8-11)17-14-7-3-5-12(15)9-14/h2-9H,1H3. The molecule has 2 aromatic rings. The van der Waals surface area contributed by atoms with E-state index in [2.05, 4.69) is 0 Å². The van der Waals surface area contributed by atoms with Crippen molar-refractivity contribution in [2.24, 2.45) is 0 Å². The summed E-state index contributed by atoms with van der Waals surface area (Å²) in [6, 6.07) is 12.7. The van der Waals surface area contributed by atoms with Gasteiger partial charge >= 0.3 is 0 Å². The molecule has 0 aromatic heterocycles. The molecule has 0 aliphatic rings. The number of halogens is 1. The summed E-state index contributed by atoms with van der Waals surface area (Å²) in [6.45, 7) is 1.49. The van der Waals surface area contributed by atoms with Crippen LogP contribution in [0.5, 0.6) is 11.5 Å². The van der Waals surface area contributed by atoms with Crippen LogP contribution < -0.4 is 4.74 Å². The van der Waals surface area contributed by atoms with E-state index in [-0.39, 0.29) is 11.6 Å². The first-order valence-electron chi connectivity index (χ1n) is 5.19. The first-order chi connectivity index (χ1) is 8.15. The second-order valence-corrected chi connectivity index (χ2v) is 3.64. The Hall–Kier alpha value is -2.16. The average Bonchev–Trinajstić information content (AvgIpc) is 2.29. The minimum Gasteiger partial charge on any atom is -0.457 e. The summed E-state index contributed by atoms with van der Waals surface area (Å²) in [5.41, 5.74) is 0.568. The molecule has 2 nitrogen and oxygen atoms in total. The molecule has 0 N–H and O–H groups in total. The van der Waals surface area contributed by atoms with Crippen LogP contribution in [0.3, 0.4) is 0 Å². The van der Waals surface area contributed by atoms with Gasteiger partial charge in [-0.3, -0.25) is 4.79 Å². The van der Waals surface area contributed by atoms with Crippen LogP contribution in [-0.2, 0) is 0 Å². The van der Waals surface area contributed by atoms with Gasteiger partial charge in [-0.1, -0.05) is 18.2 Å². The van der Waals surface area contributed by atoms with Gasteiger partial charge in [0.1, 0.15) is 17.3 Å². The zero-order valence-corrected chi connectivity index (χ0v) is 9.31. The number of Topliss-reactive ketones (excluding diaryl/α,β-unsaturated/α-hetero) is 1. The topological polar surface area (TPSA) is 26.3 Å². The molecule has 0 unspecified atom stereocenters. The van der Waals surface area contributed by atoms with Crippen molar-refractivity contribution in [1.82, 2.24) is 0 Å². The Morgan fingerprint density at radius 3 is 2.35 bits per heavy atom. The van der Waals surface area contributed by atoms with Crippen LogP contribution in [0.2, 0.25) is 0 Å². The number of carbonyl (C=O) groups excluding carboxylic acids is 1. The number of hydrogen-bond donors (Lipinski definition) is 0. The van der Waals surface area contributed by atoms with Crippen molar-refractivity contribution in [3.63, 3.8) is 0 Å². The predicted molar refractivity (Wildman–Crippen MR) is 62.9 cm³/mol. The maximum absolute atomic E-state index is 12.9. The van der Waals surface area contributed by atoms with Crippen LogP contribution in [0.1, 0.15) is 17.3 Å². The molecule has 17 heavy (non-hydrogen) atoms. The van der Waals surface area contributed by atoms with Gasteiger partial charge in [0.05, 0.1) is 0 Å². The SMILES string of the molecule is CC(=O)c1cccc(Oc2cccc(F)c2)c1.